The number of nitrogens with two attached hydrogens (primary N) is 1. The predicted octanol–water partition coefficient (Wildman–Crippen LogP) is 2.29. The first kappa shape index (κ1) is 14.2. The average molecular weight is 270 g/mol. The zero-order valence-corrected chi connectivity index (χ0v) is 12.4. The summed E-state index contributed by atoms with van der Waals surface area (Å²) in [5.41, 5.74) is 5.73. The lowest BCUT2D eigenvalue weighted by atomic mass is 9.76. The standard InChI is InChI=1S/C14H26N2OS/c1-10-5-4-8-14(15,9-10)13(17)16-11-6-3-7-12(11)18-2/h10-12H,3-9,15H2,1-2H3,(H,16,17). The van der Waals surface area contributed by atoms with Gasteiger partial charge in [0.05, 0.1) is 5.54 Å². The second-order valence-electron chi connectivity index (χ2n) is 6.14. The highest BCUT2D eigenvalue weighted by atomic mass is 32.2. The molecule has 3 N–H and O–H groups in total. The highest BCUT2D eigenvalue weighted by Gasteiger charge is 2.40. The highest BCUT2D eigenvalue weighted by molar-refractivity contribution is 7.99. The molecule has 0 radical (unpaired) electrons. The molecule has 4 heteroatoms. The molecule has 2 aliphatic carbocycles. The number of thioether (sulfide) groups is 1. The van der Waals surface area contributed by atoms with E-state index < -0.39 is 5.54 Å². The quantitative estimate of drug-likeness (QED) is 0.827. The number of carbonyl (C=O) groups is 1. The van der Waals surface area contributed by atoms with Gasteiger partial charge in [0.2, 0.25) is 5.91 Å². The fraction of sp³-hybridized carbons (Fsp3) is 0.929. The molecular formula is C14H26N2OS. The van der Waals surface area contributed by atoms with E-state index in [1.165, 1.54) is 19.3 Å². The van der Waals surface area contributed by atoms with E-state index >= 15 is 0 Å². The first-order valence-electron chi connectivity index (χ1n) is 7.18. The summed E-state index contributed by atoms with van der Waals surface area (Å²) in [4.78, 5) is 12.4. The molecule has 0 bridgehead atoms. The van der Waals surface area contributed by atoms with Crippen molar-refractivity contribution in [1.29, 1.82) is 0 Å². The van der Waals surface area contributed by atoms with Crippen LogP contribution in [-0.4, -0.2) is 29.0 Å². The van der Waals surface area contributed by atoms with Crippen molar-refractivity contribution in [1.82, 2.24) is 5.32 Å². The third-order valence-corrected chi connectivity index (χ3v) is 5.73. The molecule has 2 rings (SSSR count). The van der Waals surface area contributed by atoms with Crippen molar-refractivity contribution >= 4 is 17.7 Å². The average Bonchev–Trinajstić information content (AvgIpc) is 2.76. The topological polar surface area (TPSA) is 55.1 Å². The fourth-order valence-electron chi connectivity index (χ4n) is 3.48. The van der Waals surface area contributed by atoms with E-state index in [4.69, 9.17) is 5.73 Å². The molecule has 0 heterocycles. The van der Waals surface area contributed by atoms with E-state index in [0.717, 1.165) is 25.7 Å². The lowest BCUT2D eigenvalue weighted by Gasteiger charge is -2.36. The molecule has 2 fully saturated rings. The van der Waals surface area contributed by atoms with Crippen LogP contribution >= 0.6 is 11.8 Å². The predicted molar refractivity (Wildman–Crippen MR) is 77.6 cm³/mol. The maximum atomic E-state index is 12.4. The molecule has 2 saturated carbocycles. The minimum absolute atomic E-state index is 0.0972. The normalized spacial score (nSPS) is 40.7. The van der Waals surface area contributed by atoms with E-state index in [1.807, 2.05) is 11.8 Å². The van der Waals surface area contributed by atoms with Gasteiger partial charge in [-0.05, 0) is 37.9 Å². The van der Waals surface area contributed by atoms with Crippen molar-refractivity contribution in [3.63, 3.8) is 0 Å². The Bertz CT molecular complexity index is 310. The Morgan fingerprint density at radius 3 is 2.78 bits per heavy atom. The van der Waals surface area contributed by atoms with Gasteiger partial charge >= 0.3 is 0 Å². The first-order valence-corrected chi connectivity index (χ1v) is 8.46. The molecule has 3 nitrogen and oxygen atoms in total. The van der Waals surface area contributed by atoms with Gasteiger partial charge in [0.1, 0.15) is 0 Å². The number of nitrogens with one attached hydrogen (secondary N) is 1. The Morgan fingerprint density at radius 1 is 1.33 bits per heavy atom. The third kappa shape index (κ3) is 3.02. The Hall–Kier alpha value is -0.220. The summed E-state index contributed by atoms with van der Waals surface area (Å²) >= 11 is 1.87. The van der Waals surface area contributed by atoms with Gasteiger partial charge in [-0.25, -0.2) is 0 Å². The van der Waals surface area contributed by atoms with Crippen LogP contribution in [0.2, 0.25) is 0 Å². The van der Waals surface area contributed by atoms with Crippen LogP contribution in [0.5, 0.6) is 0 Å². The summed E-state index contributed by atoms with van der Waals surface area (Å²) in [6.07, 6.45) is 9.68. The van der Waals surface area contributed by atoms with Crippen molar-refractivity contribution in [2.24, 2.45) is 11.7 Å². The third-order valence-electron chi connectivity index (χ3n) is 4.56. The van der Waals surface area contributed by atoms with Gasteiger partial charge in [-0.2, -0.15) is 11.8 Å². The van der Waals surface area contributed by atoms with Crippen molar-refractivity contribution < 1.29 is 4.79 Å². The number of hydrogen-bond donors (Lipinski definition) is 2. The Morgan fingerprint density at radius 2 is 2.11 bits per heavy atom. The molecule has 0 saturated heterocycles. The van der Waals surface area contributed by atoms with Gasteiger partial charge in [-0.3, -0.25) is 4.79 Å². The molecule has 0 aromatic rings. The largest absolute Gasteiger partial charge is 0.351 e. The van der Waals surface area contributed by atoms with Crippen LogP contribution in [0.15, 0.2) is 0 Å². The molecule has 0 aromatic carbocycles. The summed E-state index contributed by atoms with van der Waals surface area (Å²) in [6, 6.07) is 0.338. The van der Waals surface area contributed by atoms with Crippen molar-refractivity contribution in [2.45, 2.75) is 68.7 Å². The molecular weight excluding hydrogens is 244 g/mol. The minimum Gasteiger partial charge on any atom is -0.351 e. The van der Waals surface area contributed by atoms with Gasteiger partial charge in [0.15, 0.2) is 0 Å². The van der Waals surface area contributed by atoms with Gasteiger partial charge in [0.25, 0.3) is 0 Å². The SMILES string of the molecule is CSC1CCCC1NC(=O)C1(N)CCCC(C)C1. The molecule has 2 aliphatic rings. The minimum atomic E-state index is -0.608. The monoisotopic (exact) mass is 270 g/mol. The molecule has 0 aliphatic heterocycles. The van der Waals surface area contributed by atoms with Crippen LogP contribution in [0, 0.1) is 5.92 Å². The zero-order chi connectivity index (χ0) is 13.2. The number of hydrogen-bond acceptors (Lipinski definition) is 3. The summed E-state index contributed by atoms with van der Waals surface area (Å²) in [5, 5.41) is 3.81. The number of carbonyl (C=O) groups excluding carboxylic acids is 1. The highest BCUT2D eigenvalue weighted by Crippen LogP contribution is 2.32. The Balaban J connectivity index is 1.94. The van der Waals surface area contributed by atoms with Crippen LogP contribution in [0.25, 0.3) is 0 Å². The van der Waals surface area contributed by atoms with Crippen LogP contribution in [0.3, 0.4) is 0 Å². The fourth-order valence-corrected chi connectivity index (χ4v) is 4.42. The Labute approximate surface area is 115 Å². The molecule has 4 unspecified atom stereocenters. The van der Waals surface area contributed by atoms with Crippen LogP contribution in [-0.2, 0) is 4.79 Å². The maximum absolute atomic E-state index is 12.4. The molecule has 18 heavy (non-hydrogen) atoms. The smallest absolute Gasteiger partial charge is 0.240 e. The first-order chi connectivity index (χ1) is 8.55. The van der Waals surface area contributed by atoms with E-state index in [0.29, 0.717) is 17.2 Å². The number of amides is 1. The van der Waals surface area contributed by atoms with Gasteiger partial charge in [-0.1, -0.05) is 26.2 Å². The van der Waals surface area contributed by atoms with Crippen LogP contribution in [0.1, 0.15) is 51.9 Å². The molecule has 0 spiro atoms. The van der Waals surface area contributed by atoms with E-state index in [1.54, 1.807) is 0 Å². The second kappa shape index (κ2) is 5.83. The van der Waals surface area contributed by atoms with E-state index in [2.05, 4.69) is 18.5 Å². The number of rotatable bonds is 3. The van der Waals surface area contributed by atoms with Crippen LogP contribution in [0.4, 0.5) is 0 Å². The second-order valence-corrected chi connectivity index (χ2v) is 7.22. The lowest BCUT2D eigenvalue weighted by molar-refractivity contribution is -0.128. The maximum Gasteiger partial charge on any atom is 0.240 e. The van der Waals surface area contributed by atoms with Crippen molar-refractivity contribution in [3.8, 4) is 0 Å². The lowest BCUT2D eigenvalue weighted by Crippen LogP contribution is -2.58. The molecule has 104 valence electrons. The van der Waals surface area contributed by atoms with Gasteiger partial charge < -0.3 is 11.1 Å². The van der Waals surface area contributed by atoms with Crippen molar-refractivity contribution in [3.05, 3.63) is 0 Å². The van der Waals surface area contributed by atoms with Gasteiger partial charge in [0, 0.05) is 11.3 Å². The molecule has 1 amide bonds. The van der Waals surface area contributed by atoms with E-state index in [-0.39, 0.29) is 5.91 Å². The summed E-state index contributed by atoms with van der Waals surface area (Å²) in [7, 11) is 0. The summed E-state index contributed by atoms with van der Waals surface area (Å²) in [5.74, 6) is 0.675. The molecule has 4 atom stereocenters. The van der Waals surface area contributed by atoms with Crippen LogP contribution < -0.4 is 11.1 Å². The summed E-state index contributed by atoms with van der Waals surface area (Å²) in [6.45, 7) is 2.20. The zero-order valence-electron chi connectivity index (χ0n) is 11.6. The van der Waals surface area contributed by atoms with Gasteiger partial charge in [-0.15, -0.1) is 0 Å². The van der Waals surface area contributed by atoms with Crippen molar-refractivity contribution in [2.75, 3.05) is 6.26 Å². The Kier molecular flexibility index (Phi) is 4.59. The van der Waals surface area contributed by atoms with E-state index in [9.17, 15) is 4.79 Å². The summed E-state index contributed by atoms with van der Waals surface area (Å²) < 4.78 is 0. The molecule has 0 aromatic heterocycles.